The fourth-order valence-corrected chi connectivity index (χ4v) is 12.6. The number of phenolic OH excluding ortho intramolecular Hbond substituents is 1. The van der Waals surface area contributed by atoms with Crippen molar-refractivity contribution in [2.45, 2.75) is 99.6 Å². The van der Waals surface area contributed by atoms with E-state index >= 15 is 0 Å². The van der Waals surface area contributed by atoms with Crippen molar-refractivity contribution < 1.29 is 29.0 Å². The van der Waals surface area contributed by atoms with Gasteiger partial charge >= 0.3 is 0 Å². The summed E-state index contributed by atoms with van der Waals surface area (Å²) >= 11 is 6.85. The molecule has 11 heteroatoms. The highest BCUT2D eigenvalue weighted by Gasteiger charge is 2.49. The van der Waals surface area contributed by atoms with Crippen molar-refractivity contribution in [1.29, 1.82) is 0 Å². The van der Waals surface area contributed by atoms with E-state index < -0.39 is 11.9 Å². The van der Waals surface area contributed by atoms with Crippen LogP contribution in [0.3, 0.4) is 0 Å². The Hall–Kier alpha value is -4.90. The van der Waals surface area contributed by atoms with Crippen LogP contribution in [0, 0.1) is 5.92 Å². The number of hydrogen-bond donors (Lipinski definition) is 2. The summed E-state index contributed by atoms with van der Waals surface area (Å²) in [6, 6.07) is 27.4. The van der Waals surface area contributed by atoms with Crippen LogP contribution in [0.2, 0.25) is 5.02 Å². The lowest BCUT2D eigenvalue weighted by atomic mass is 9.69. The number of amides is 3. The van der Waals surface area contributed by atoms with Crippen molar-refractivity contribution in [3.05, 3.63) is 123 Å². The Morgan fingerprint density at radius 3 is 2.35 bits per heavy atom. The van der Waals surface area contributed by atoms with Crippen molar-refractivity contribution in [3.63, 3.8) is 0 Å². The fourth-order valence-electron chi connectivity index (χ4n) is 12.3. The molecule has 0 radical (unpaired) electrons. The zero-order chi connectivity index (χ0) is 42.2. The smallest absolute Gasteiger partial charge is 0.256 e. The quantitative estimate of drug-likeness (QED) is 0.189. The molecular formula is C51H55ClN4O6. The summed E-state index contributed by atoms with van der Waals surface area (Å²) < 4.78 is 13.3. The highest BCUT2D eigenvalue weighted by Crippen LogP contribution is 2.52. The molecule has 10 nitrogen and oxygen atoms in total. The molecule has 62 heavy (non-hydrogen) atoms. The third kappa shape index (κ3) is 6.97. The number of imide groups is 1. The minimum absolute atomic E-state index is 0.0290. The predicted octanol–water partition coefficient (Wildman–Crippen LogP) is 7.86. The molecule has 0 bridgehead atoms. The van der Waals surface area contributed by atoms with Crippen LogP contribution in [0.1, 0.15) is 113 Å². The molecule has 2 spiro atoms. The maximum Gasteiger partial charge on any atom is 0.256 e. The molecule has 4 aromatic carbocycles. The molecule has 1 unspecified atom stereocenters. The third-order valence-corrected chi connectivity index (χ3v) is 16.2. The van der Waals surface area contributed by atoms with Gasteiger partial charge in [-0.3, -0.25) is 19.7 Å². The van der Waals surface area contributed by atoms with Gasteiger partial charge in [0, 0.05) is 54.2 Å². The zero-order valence-corrected chi connectivity index (χ0v) is 36.0. The highest BCUT2D eigenvalue weighted by atomic mass is 35.5. The second kappa shape index (κ2) is 15.7. The summed E-state index contributed by atoms with van der Waals surface area (Å²) in [5.74, 6) is 1.28. The number of hydrogen-bond acceptors (Lipinski definition) is 8. The lowest BCUT2D eigenvalue weighted by Gasteiger charge is -2.47. The molecule has 322 valence electrons. The van der Waals surface area contributed by atoms with Crippen LogP contribution in [0.4, 0.5) is 5.69 Å². The van der Waals surface area contributed by atoms with E-state index in [-0.39, 0.29) is 41.7 Å². The molecule has 7 aliphatic rings. The Bertz CT molecular complexity index is 2400. The number of carbonyl (C=O) groups excluding carboxylic acids is 3. The Kier molecular flexibility index (Phi) is 10.1. The molecule has 2 N–H and O–H groups in total. The van der Waals surface area contributed by atoms with Gasteiger partial charge < -0.3 is 29.3 Å². The van der Waals surface area contributed by atoms with Crippen LogP contribution in [0.5, 0.6) is 11.5 Å². The summed E-state index contributed by atoms with van der Waals surface area (Å²) in [6.07, 6.45) is 8.87. The van der Waals surface area contributed by atoms with E-state index in [9.17, 15) is 19.5 Å². The van der Waals surface area contributed by atoms with Gasteiger partial charge in [-0.1, -0.05) is 60.1 Å². The summed E-state index contributed by atoms with van der Waals surface area (Å²) in [5, 5.41) is 13.1. The first-order valence-electron chi connectivity index (χ1n) is 22.9. The van der Waals surface area contributed by atoms with E-state index in [0.29, 0.717) is 41.2 Å². The third-order valence-electron chi connectivity index (χ3n) is 15.9. The average Bonchev–Trinajstić information content (AvgIpc) is 3.82. The van der Waals surface area contributed by atoms with Gasteiger partial charge in [0.05, 0.1) is 35.9 Å². The molecule has 4 atom stereocenters. The number of aryl methyl sites for hydroxylation is 1. The number of rotatable bonds is 6. The molecule has 0 saturated carbocycles. The highest BCUT2D eigenvalue weighted by molar-refractivity contribution is 6.34. The second-order valence-electron chi connectivity index (χ2n) is 19.3. The number of fused-ring (bicyclic) bond motifs is 5. The summed E-state index contributed by atoms with van der Waals surface area (Å²) in [6.45, 7) is 6.62. The van der Waals surface area contributed by atoms with E-state index in [2.05, 4.69) is 75.8 Å². The summed E-state index contributed by atoms with van der Waals surface area (Å²) in [5.41, 5.74) is 8.71. The minimum atomic E-state index is -0.688. The molecule has 0 aromatic heterocycles. The van der Waals surface area contributed by atoms with Crippen LogP contribution in [0.25, 0.3) is 0 Å². The second-order valence-corrected chi connectivity index (χ2v) is 19.7. The maximum atomic E-state index is 13.5. The van der Waals surface area contributed by atoms with Gasteiger partial charge in [-0.15, -0.1) is 0 Å². The van der Waals surface area contributed by atoms with Gasteiger partial charge in [0.1, 0.15) is 17.5 Å². The van der Waals surface area contributed by atoms with Gasteiger partial charge in [-0.25, -0.2) is 0 Å². The van der Waals surface area contributed by atoms with Crippen LogP contribution in [-0.2, 0) is 32.7 Å². The number of ether oxygens (including phenoxy) is 2. The molecule has 4 fully saturated rings. The van der Waals surface area contributed by atoms with Gasteiger partial charge in [0.25, 0.3) is 5.91 Å². The number of anilines is 1. The van der Waals surface area contributed by atoms with Gasteiger partial charge in [0.15, 0.2) is 0 Å². The number of phenols is 1. The normalized spacial score (nSPS) is 26.6. The fraction of sp³-hybridized carbons (Fsp3) is 0.471. The first-order valence-corrected chi connectivity index (χ1v) is 23.2. The molecular weight excluding hydrogens is 800 g/mol. The topological polar surface area (TPSA) is 112 Å². The van der Waals surface area contributed by atoms with E-state index in [1.807, 2.05) is 18.2 Å². The molecule has 4 aromatic rings. The average molecular weight is 855 g/mol. The standard InChI is InChI=1S/C51H55ClN4O6/c52-42-27-41-47(40-29-56(49(60)46(40)42)43-14-15-44(58)53-48(43)59)61-31-50(41)18-22-54(23-19-50)28-32-16-17-51(62-30-32)20-24-55(25-21-51)36-9-6-34(7-10-36)45-38(33-4-2-1-3-5-33)12-8-35-26-37(57)11-13-39(35)45/h1-7,9-11,13,26-27,32,38,43,45,57H,8,12,14-25,28-31H2,(H,53,58,59)/t32-,38+,43?,45-/m0/s1. The first-order chi connectivity index (χ1) is 30.2. The number of halogens is 1. The molecule has 4 saturated heterocycles. The monoisotopic (exact) mass is 854 g/mol. The Morgan fingerprint density at radius 2 is 1.61 bits per heavy atom. The van der Waals surface area contributed by atoms with Crippen molar-refractivity contribution in [2.75, 3.05) is 50.8 Å². The van der Waals surface area contributed by atoms with Crippen molar-refractivity contribution in [1.82, 2.24) is 15.1 Å². The molecule has 1 aliphatic carbocycles. The van der Waals surface area contributed by atoms with Gasteiger partial charge in [-0.2, -0.15) is 0 Å². The Labute approximate surface area is 368 Å². The largest absolute Gasteiger partial charge is 0.508 e. The summed E-state index contributed by atoms with van der Waals surface area (Å²) in [4.78, 5) is 44.7. The number of nitrogens with zero attached hydrogens (tertiary/aromatic N) is 3. The number of likely N-dealkylation sites (tertiary alicyclic amines) is 1. The molecule has 6 aliphatic heterocycles. The van der Waals surface area contributed by atoms with E-state index in [1.165, 1.54) is 34.4 Å². The summed E-state index contributed by atoms with van der Waals surface area (Å²) in [7, 11) is 0. The molecule has 6 heterocycles. The zero-order valence-electron chi connectivity index (χ0n) is 35.3. The van der Waals surface area contributed by atoms with Crippen LogP contribution >= 0.6 is 11.6 Å². The Balaban J connectivity index is 0.684. The SMILES string of the molecule is O=C1CCC(N2Cc3c4c(cc(Cl)c3C2=O)C2(CCN(C[C@@H]3CCC5(CCN(c6ccc([C@@H]7c8ccc(O)cc8CC[C@@H]7c7ccccc7)cc6)CC5)OC3)CC2)CO4)C(=O)N1. The number of nitrogens with one attached hydrogen (secondary N) is 1. The number of aromatic hydroxyl groups is 1. The number of piperidine rings is 3. The Morgan fingerprint density at radius 1 is 0.823 bits per heavy atom. The van der Waals surface area contributed by atoms with E-state index in [0.717, 1.165) is 101 Å². The van der Waals surface area contributed by atoms with Crippen molar-refractivity contribution in [2.24, 2.45) is 5.92 Å². The number of carbonyl (C=O) groups is 3. The van der Waals surface area contributed by atoms with Gasteiger partial charge in [-0.05, 0) is 135 Å². The lowest BCUT2D eigenvalue weighted by Crippen LogP contribution is -2.52. The van der Waals surface area contributed by atoms with Crippen LogP contribution in [0.15, 0.2) is 78.9 Å². The van der Waals surface area contributed by atoms with Crippen LogP contribution < -0.4 is 15.0 Å². The van der Waals surface area contributed by atoms with Crippen molar-refractivity contribution >= 4 is 35.0 Å². The molecule has 11 rings (SSSR count). The predicted molar refractivity (Wildman–Crippen MR) is 237 cm³/mol. The number of benzene rings is 4. The maximum absolute atomic E-state index is 13.5. The van der Waals surface area contributed by atoms with Crippen molar-refractivity contribution in [3.8, 4) is 11.5 Å². The lowest BCUT2D eigenvalue weighted by molar-refractivity contribution is -0.136. The van der Waals surface area contributed by atoms with E-state index in [4.69, 9.17) is 21.1 Å². The minimum Gasteiger partial charge on any atom is -0.508 e. The first kappa shape index (κ1) is 39.9. The molecule has 3 amide bonds. The van der Waals surface area contributed by atoms with Crippen LogP contribution in [-0.4, -0.2) is 90.2 Å². The van der Waals surface area contributed by atoms with E-state index in [1.54, 1.807) is 4.90 Å². The van der Waals surface area contributed by atoms with Gasteiger partial charge in [0.2, 0.25) is 11.8 Å².